The van der Waals surface area contributed by atoms with E-state index in [0.29, 0.717) is 6.54 Å². The fourth-order valence-corrected chi connectivity index (χ4v) is 3.81. The lowest BCUT2D eigenvalue weighted by Gasteiger charge is -2.43. The minimum absolute atomic E-state index is 0.0380. The molecular weight excluding hydrogens is 418 g/mol. The molecule has 2 rings (SSSR count). The summed E-state index contributed by atoms with van der Waals surface area (Å²) >= 11 is 0. The smallest absolute Gasteiger partial charge is 0.408 e. The monoisotopic (exact) mass is 459 g/mol. The lowest BCUT2D eigenvalue weighted by molar-refractivity contribution is -0.147. The van der Waals surface area contributed by atoms with Gasteiger partial charge in [-0.05, 0) is 83.9 Å². The van der Waals surface area contributed by atoms with Crippen molar-refractivity contribution in [1.82, 2.24) is 15.5 Å². The van der Waals surface area contributed by atoms with Gasteiger partial charge in [0, 0.05) is 12.6 Å². The van der Waals surface area contributed by atoms with E-state index in [4.69, 9.17) is 4.74 Å². The topological polar surface area (TPSA) is 87.7 Å². The van der Waals surface area contributed by atoms with Crippen LogP contribution in [0.4, 0.5) is 4.79 Å². The van der Waals surface area contributed by atoms with Gasteiger partial charge in [-0.2, -0.15) is 0 Å². The Morgan fingerprint density at radius 1 is 1.15 bits per heavy atom. The number of benzene rings is 1. The van der Waals surface area contributed by atoms with E-state index in [1.807, 2.05) is 32.0 Å². The van der Waals surface area contributed by atoms with Crippen molar-refractivity contribution in [2.24, 2.45) is 0 Å². The third kappa shape index (κ3) is 7.47. The zero-order valence-electron chi connectivity index (χ0n) is 21.3. The number of aryl methyl sites for hydroxylation is 2. The first-order valence-corrected chi connectivity index (χ1v) is 12.1. The van der Waals surface area contributed by atoms with Crippen molar-refractivity contribution in [1.29, 1.82) is 0 Å². The number of hydrogen-bond donors (Lipinski definition) is 2. The van der Waals surface area contributed by atoms with Crippen molar-refractivity contribution < 1.29 is 19.1 Å². The van der Waals surface area contributed by atoms with E-state index in [0.717, 1.165) is 48.8 Å². The van der Waals surface area contributed by atoms with Crippen LogP contribution in [-0.2, 0) is 14.3 Å². The maximum Gasteiger partial charge on any atom is 0.408 e. The molecular formula is C26H41N3O4. The summed E-state index contributed by atoms with van der Waals surface area (Å²) in [6, 6.07) is 4.30. The van der Waals surface area contributed by atoms with Gasteiger partial charge in [0.25, 0.3) is 0 Å². The Morgan fingerprint density at radius 3 is 2.33 bits per heavy atom. The molecule has 2 N–H and O–H groups in total. The Morgan fingerprint density at radius 2 is 1.82 bits per heavy atom. The van der Waals surface area contributed by atoms with Crippen molar-refractivity contribution >= 4 is 17.9 Å². The molecule has 1 fully saturated rings. The predicted molar refractivity (Wildman–Crippen MR) is 130 cm³/mol. The number of alkyl carbamates (subject to hydrolysis) is 1. The van der Waals surface area contributed by atoms with Crippen LogP contribution in [0.2, 0.25) is 0 Å². The molecule has 2 atom stereocenters. The molecule has 7 heteroatoms. The van der Waals surface area contributed by atoms with Gasteiger partial charge in [-0.25, -0.2) is 4.79 Å². The molecule has 33 heavy (non-hydrogen) atoms. The zero-order valence-corrected chi connectivity index (χ0v) is 21.3. The van der Waals surface area contributed by atoms with Gasteiger partial charge in [0.05, 0.1) is 0 Å². The third-order valence-electron chi connectivity index (χ3n) is 6.03. The molecule has 2 unspecified atom stereocenters. The normalized spacial score (nSPS) is 15.7. The van der Waals surface area contributed by atoms with E-state index in [2.05, 4.69) is 17.6 Å². The quantitative estimate of drug-likeness (QED) is 0.530. The average molecular weight is 460 g/mol. The minimum Gasteiger partial charge on any atom is -0.444 e. The summed E-state index contributed by atoms with van der Waals surface area (Å²) in [6.45, 7) is 13.6. The van der Waals surface area contributed by atoms with E-state index < -0.39 is 23.8 Å². The van der Waals surface area contributed by atoms with Crippen molar-refractivity contribution in [3.8, 4) is 0 Å². The molecule has 7 nitrogen and oxygen atoms in total. The Labute approximate surface area is 198 Å². The first-order valence-electron chi connectivity index (χ1n) is 12.1. The van der Waals surface area contributed by atoms with Crippen molar-refractivity contribution in [2.45, 2.75) is 104 Å². The second kappa shape index (κ2) is 11.5. The third-order valence-corrected chi connectivity index (χ3v) is 6.03. The van der Waals surface area contributed by atoms with Crippen LogP contribution in [0.3, 0.4) is 0 Å². The molecule has 0 saturated heterocycles. The molecule has 0 aromatic heterocycles. The second-order valence-corrected chi connectivity index (χ2v) is 10.1. The number of amides is 3. The molecule has 1 saturated carbocycles. The first-order chi connectivity index (χ1) is 15.4. The van der Waals surface area contributed by atoms with E-state index in [9.17, 15) is 14.4 Å². The van der Waals surface area contributed by atoms with E-state index >= 15 is 0 Å². The Bertz CT molecular complexity index is 842. The lowest BCUT2D eigenvalue weighted by atomic mass is 9.87. The molecule has 3 amide bonds. The van der Waals surface area contributed by atoms with Gasteiger partial charge in [0.2, 0.25) is 11.8 Å². The number of hydrogen-bond acceptors (Lipinski definition) is 4. The highest BCUT2D eigenvalue weighted by Crippen LogP contribution is 2.34. The summed E-state index contributed by atoms with van der Waals surface area (Å²) in [5.74, 6) is -0.462. The largest absolute Gasteiger partial charge is 0.444 e. The number of nitrogens with one attached hydrogen (secondary N) is 2. The lowest BCUT2D eigenvalue weighted by Crippen LogP contribution is -2.56. The standard InChI is InChI=1S/C26H41N3O4/c1-8-9-15-27-23(30)22(20-14-13-17(2)18(3)16-20)29(21-11-10-12-21)24(31)19(4)28-25(32)33-26(5,6)7/h13-14,16,19,21-22H,8-12,15H2,1-7H3,(H,27,30)(H,28,32). The number of unbranched alkanes of at least 4 members (excludes halogenated alkanes) is 1. The van der Waals surface area contributed by atoms with Crippen LogP contribution < -0.4 is 10.6 Å². The molecule has 1 aromatic rings. The molecule has 0 radical (unpaired) electrons. The van der Waals surface area contributed by atoms with Gasteiger partial charge in [-0.15, -0.1) is 0 Å². The number of nitrogens with zero attached hydrogens (tertiary/aromatic N) is 1. The van der Waals surface area contributed by atoms with Crippen LogP contribution in [0.15, 0.2) is 18.2 Å². The predicted octanol–water partition coefficient (Wildman–Crippen LogP) is 4.56. The molecule has 1 aliphatic carbocycles. The maximum atomic E-state index is 13.7. The molecule has 0 bridgehead atoms. The van der Waals surface area contributed by atoms with Crippen molar-refractivity contribution in [3.05, 3.63) is 34.9 Å². The van der Waals surface area contributed by atoms with Crippen molar-refractivity contribution in [3.63, 3.8) is 0 Å². The van der Waals surface area contributed by atoms with Crippen LogP contribution >= 0.6 is 0 Å². The number of carbonyl (C=O) groups is 3. The van der Waals surface area contributed by atoms with Gasteiger partial charge in [-0.1, -0.05) is 31.5 Å². The summed E-state index contributed by atoms with van der Waals surface area (Å²) in [5, 5.41) is 5.67. The average Bonchev–Trinajstić information content (AvgIpc) is 2.66. The molecule has 1 aliphatic rings. The summed E-state index contributed by atoms with van der Waals surface area (Å²) < 4.78 is 5.33. The van der Waals surface area contributed by atoms with Gasteiger partial charge in [-0.3, -0.25) is 9.59 Å². The summed E-state index contributed by atoms with van der Waals surface area (Å²) in [6.07, 6.45) is 3.89. The molecule has 0 spiro atoms. The van der Waals surface area contributed by atoms with Crippen LogP contribution in [0.1, 0.15) is 89.5 Å². The van der Waals surface area contributed by atoms with E-state index in [1.165, 1.54) is 0 Å². The summed E-state index contributed by atoms with van der Waals surface area (Å²) in [5.41, 5.74) is 2.32. The van der Waals surface area contributed by atoms with Gasteiger partial charge in [0.1, 0.15) is 17.7 Å². The summed E-state index contributed by atoms with van der Waals surface area (Å²) in [7, 11) is 0. The minimum atomic E-state index is -0.821. The molecule has 0 aliphatic heterocycles. The highest BCUT2D eigenvalue weighted by Gasteiger charge is 2.40. The maximum absolute atomic E-state index is 13.7. The highest BCUT2D eigenvalue weighted by atomic mass is 16.6. The van der Waals surface area contributed by atoms with Gasteiger partial charge in [0.15, 0.2) is 0 Å². The Balaban J connectivity index is 2.36. The van der Waals surface area contributed by atoms with E-state index in [-0.39, 0.29) is 17.9 Å². The highest BCUT2D eigenvalue weighted by molar-refractivity contribution is 5.92. The molecule has 184 valence electrons. The molecule has 0 heterocycles. The molecule has 1 aromatic carbocycles. The van der Waals surface area contributed by atoms with Gasteiger partial charge < -0.3 is 20.3 Å². The zero-order chi connectivity index (χ0) is 24.8. The fourth-order valence-electron chi connectivity index (χ4n) is 3.81. The number of ether oxygens (including phenoxy) is 1. The number of carbonyl (C=O) groups excluding carboxylic acids is 3. The fraction of sp³-hybridized carbons (Fsp3) is 0.654. The van der Waals surface area contributed by atoms with Crippen molar-refractivity contribution in [2.75, 3.05) is 6.54 Å². The van der Waals surface area contributed by atoms with Crippen LogP contribution in [0.5, 0.6) is 0 Å². The number of rotatable bonds is 9. The van der Waals surface area contributed by atoms with E-state index in [1.54, 1.807) is 32.6 Å². The second-order valence-electron chi connectivity index (χ2n) is 10.1. The SMILES string of the molecule is CCCCNC(=O)C(c1ccc(C)c(C)c1)N(C(=O)C(C)NC(=O)OC(C)(C)C)C1CCC1. The van der Waals surface area contributed by atoms with Crippen LogP contribution in [-0.4, -0.2) is 47.0 Å². The summed E-state index contributed by atoms with van der Waals surface area (Å²) in [4.78, 5) is 41.1. The van der Waals surface area contributed by atoms with Crippen LogP contribution in [0, 0.1) is 13.8 Å². The Hall–Kier alpha value is -2.57. The van der Waals surface area contributed by atoms with Crippen LogP contribution in [0.25, 0.3) is 0 Å². The Kier molecular flexibility index (Phi) is 9.32. The van der Waals surface area contributed by atoms with Gasteiger partial charge >= 0.3 is 6.09 Å². The first kappa shape index (κ1) is 26.7.